The topological polar surface area (TPSA) is 55.8 Å². The van der Waals surface area contributed by atoms with E-state index in [0.29, 0.717) is 40.5 Å². The van der Waals surface area contributed by atoms with Gasteiger partial charge in [-0.05, 0) is 76.2 Å². The molecule has 3 aromatic rings. The third kappa shape index (κ3) is 5.61. The van der Waals surface area contributed by atoms with Crippen LogP contribution in [0.5, 0.6) is 11.5 Å². The van der Waals surface area contributed by atoms with E-state index in [1.54, 1.807) is 30.3 Å². The number of ether oxygens (including phenoxy) is 2. The van der Waals surface area contributed by atoms with Crippen LogP contribution in [-0.4, -0.2) is 29.7 Å². The highest BCUT2D eigenvalue weighted by atomic mass is 127. The molecule has 5 nitrogen and oxygen atoms in total. The Balaban J connectivity index is 1.50. The monoisotopic (exact) mass is 589 g/mol. The number of thioether (sulfide) groups is 1. The first kappa shape index (κ1) is 24.3. The Morgan fingerprint density at radius 1 is 1.06 bits per heavy atom. The van der Waals surface area contributed by atoms with Crippen LogP contribution in [0.3, 0.4) is 0 Å². The van der Waals surface area contributed by atoms with Gasteiger partial charge >= 0.3 is 0 Å². The number of methoxy groups -OCH3 is 1. The van der Waals surface area contributed by atoms with Crippen molar-refractivity contribution in [3.63, 3.8) is 0 Å². The van der Waals surface area contributed by atoms with Gasteiger partial charge in [0.25, 0.3) is 11.1 Å². The molecule has 34 heavy (non-hydrogen) atoms. The molecule has 1 aliphatic rings. The van der Waals surface area contributed by atoms with E-state index < -0.39 is 0 Å². The maximum Gasteiger partial charge on any atom is 0.293 e. The summed E-state index contributed by atoms with van der Waals surface area (Å²) < 4.78 is 26.0. The Kier molecular flexibility index (Phi) is 7.89. The van der Waals surface area contributed by atoms with Gasteiger partial charge in [-0.2, -0.15) is 0 Å². The van der Waals surface area contributed by atoms with Crippen molar-refractivity contribution in [3.05, 3.63) is 97.7 Å². The molecular formula is C26H21FINO4S. The summed E-state index contributed by atoms with van der Waals surface area (Å²) in [4.78, 5) is 26.9. The molecule has 174 valence electrons. The Bertz CT molecular complexity index is 1250. The lowest BCUT2D eigenvalue weighted by molar-refractivity contribution is -0.122. The summed E-state index contributed by atoms with van der Waals surface area (Å²) in [6.07, 6.45) is 2.28. The van der Waals surface area contributed by atoms with Crippen LogP contribution in [0.2, 0.25) is 0 Å². The number of hydrogen-bond acceptors (Lipinski definition) is 5. The molecule has 1 heterocycles. The number of carbonyl (C=O) groups excluding carboxylic acids is 2. The molecule has 0 radical (unpaired) electrons. The number of rotatable bonds is 8. The van der Waals surface area contributed by atoms with Crippen LogP contribution < -0.4 is 9.47 Å². The van der Waals surface area contributed by atoms with Crippen LogP contribution in [-0.2, 0) is 17.8 Å². The summed E-state index contributed by atoms with van der Waals surface area (Å²) >= 11 is 3.04. The molecule has 0 aliphatic carbocycles. The maximum absolute atomic E-state index is 13.9. The molecule has 2 amide bonds. The normalized spacial score (nSPS) is 14.7. The smallest absolute Gasteiger partial charge is 0.293 e. The van der Waals surface area contributed by atoms with Gasteiger partial charge in [-0.1, -0.05) is 48.5 Å². The van der Waals surface area contributed by atoms with Crippen LogP contribution in [0.15, 0.2) is 71.6 Å². The van der Waals surface area contributed by atoms with Gasteiger partial charge < -0.3 is 9.47 Å². The summed E-state index contributed by atoms with van der Waals surface area (Å²) in [6, 6.07) is 19.7. The molecule has 4 rings (SSSR count). The Hall–Kier alpha value is -2.85. The van der Waals surface area contributed by atoms with Gasteiger partial charge in [0.1, 0.15) is 12.4 Å². The van der Waals surface area contributed by atoms with Gasteiger partial charge in [0.2, 0.25) is 0 Å². The maximum atomic E-state index is 13.9. The Morgan fingerprint density at radius 2 is 1.79 bits per heavy atom. The van der Waals surface area contributed by atoms with Gasteiger partial charge in [-0.15, -0.1) is 0 Å². The molecule has 0 bridgehead atoms. The summed E-state index contributed by atoms with van der Waals surface area (Å²) in [7, 11) is 1.52. The van der Waals surface area contributed by atoms with Crippen LogP contribution >= 0.6 is 34.4 Å². The summed E-state index contributed by atoms with van der Waals surface area (Å²) in [6.45, 7) is 0.383. The molecule has 0 saturated carbocycles. The molecule has 0 spiro atoms. The summed E-state index contributed by atoms with van der Waals surface area (Å²) in [5, 5.41) is -0.279. The highest BCUT2D eigenvalue weighted by Crippen LogP contribution is 2.37. The molecule has 0 atom stereocenters. The van der Waals surface area contributed by atoms with Crippen LogP contribution in [0, 0.1) is 9.39 Å². The molecule has 8 heteroatoms. The average Bonchev–Trinajstić information content (AvgIpc) is 3.10. The quantitative estimate of drug-likeness (QED) is 0.228. The van der Waals surface area contributed by atoms with Gasteiger partial charge in [0.05, 0.1) is 15.6 Å². The van der Waals surface area contributed by atoms with Crippen molar-refractivity contribution in [2.75, 3.05) is 13.7 Å². The molecule has 1 aliphatic heterocycles. The second-order valence-electron chi connectivity index (χ2n) is 7.48. The molecular weight excluding hydrogens is 568 g/mol. The van der Waals surface area contributed by atoms with Crippen LogP contribution in [0.1, 0.15) is 16.7 Å². The minimum Gasteiger partial charge on any atom is -0.493 e. The number of imide groups is 1. The van der Waals surface area contributed by atoms with Crippen molar-refractivity contribution in [1.82, 2.24) is 4.90 Å². The van der Waals surface area contributed by atoms with E-state index in [9.17, 15) is 14.0 Å². The van der Waals surface area contributed by atoms with E-state index in [2.05, 4.69) is 22.6 Å². The third-order valence-electron chi connectivity index (χ3n) is 5.22. The predicted molar refractivity (Wildman–Crippen MR) is 139 cm³/mol. The van der Waals surface area contributed by atoms with Crippen molar-refractivity contribution < 1.29 is 23.5 Å². The van der Waals surface area contributed by atoms with Crippen LogP contribution in [0.4, 0.5) is 9.18 Å². The van der Waals surface area contributed by atoms with E-state index in [1.165, 1.54) is 18.1 Å². The zero-order valence-electron chi connectivity index (χ0n) is 18.3. The standard InChI is InChI=1S/C26H21FINO4S/c1-32-22-14-18(13-21(28)24(22)33-16-19-9-5-6-10-20(19)27)15-23-25(30)29(26(31)34-23)12-11-17-7-3-2-4-8-17/h2-10,13-15H,11-12,16H2,1H3/b23-15+. The highest BCUT2D eigenvalue weighted by molar-refractivity contribution is 14.1. The Morgan fingerprint density at radius 3 is 2.53 bits per heavy atom. The minimum atomic E-state index is -0.337. The van der Waals surface area contributed by atoms with E-state index in [0.717, 1.165) is 20.9 Å². The Labute approximate surface area is 215 Å². The first-order valence-electron chi connectivity index (χ1n) is 10.5. The first-order valence-corrected chi connectivity index (χ1v) is 12.4. The second-order valence-corrected chi connectivity index (χ2v) is 9.64. The number of benzene rings is 3. The SMILES string of the molecule is COc1cc(/C=C2/SC(=O)N(CCc3ccccc3)C2=O)cc(I)c1OCc1ccccc1F. The average molecular weight is 589 g/mol. The van der Waals surface area contributed by atoms with Crippen molar-refractivity contribution in [2.45, 2.75) is 13.0 Å². The van der Waals surface area contributed by atoms with E-state index >= 15 is 0 Å². The van der Waals surface area contributed by atoms with Crippen molar-refractivity contribution in [1.29, 1.82) is 0 Å². The van der Waals surface area contributed by atoms with Gasteiger partial charge in [0.15, 0.2) is 11.5 Å². The van der Waals surface area contributed by atoms with Crippen molar-refractivity contribution >= 4 is 51.6 Å². The highest BCUT2D eigenvalue weighted by Gasteiger charge is 2.34. The fraction of sp³-hybridized carbons (Fsp3) is 0.154. The third-order valence-corrected chi connectivity index (χ3v) is 6.93. The molecule has 1 saturated heterocycles. The van der Waals surface area contributed by atoms with Gasteiger partial charge in [0, 0.05) is 12.1 Å². The second kappa shape index (κ2) is 11.1. The number of carbonyl (C=O) groups is 2. The van der Waals surface area contributed by atoms with E-state index in [4.69, 9.17) is 9.47 Å². The summed E-state index contributed by atoms with van der Waals surface area (Å²) in [5.41, 5.74) is 2.21. The summed E-state index contributed by atoms with van der Waals surface area (Å²) in [5.74, 6) is 0.299. The number of hydrogen-bond donors (Lipinski definition) is 0. The fourth-order valence-corrected chi connectivity index (χ4v) is 5.10. The molecule has 0 unspecified atom stereocenters. The molecule has 0 aromatic heterocycles. The lowest BCUT2D eigenvalue weighted by atomic mass is 10.1. The van der Waals surface area contributed by atoms with Crippen molar-refractivity contribution in [3.8, 4) is 11.5 Å². The van der Waals surface area contributed by atoms with E-state index in [1.807, 2.05) is 36.4 Å². The molecule has 1 fully saturated rings. The molecule has 0 N–H and O–H groups in total. The van der Waals surface area contributed by atoms with Gasteiger partial charge in [-0.3, -0.25) is 14.5 Å². The minimum absolute atomic E-state index is 0.0543. The van der Waals surface area contributed by atoms with Crippen LogP contribution in [0.25, 0.3) is 6.08 Å². The zero-order valence-corrected chi connectivity index (χ0v) is 21.3. The van der Waals surface area contributed by atoms with Gasteiger partial charge in [-0.25, -0.2) is 4.39 Å². The predicted octanol–water partition coefficient (Wildman–Crippen LogP) is 6.30. The van der Waals surface area contributed by atoms with E-state index in [-0.39, 0.29) is 23.6 Å². The molecule has 3 aromatic carbocycles. The first-order chi connectivity index (χ1) is 16.5. The largest absolute Gasteiger partial charge is 0.493 e. The van der Waals surface area contributed by atoms with Crippen molar-refractivity contribution in [2.24, 2.45) is 0 Å². The number of nitrogens with zero attached hydrogens (tertiary/aromatic N) is 1. The fourth-order valence-electron chi connectivity index (χ4n) is 3.46. The number of halogens is 2. The lowest BCUT2D eigenvalue weighted by Gasteiger charge is -2.14. The number of amides is 2. The zero-order chi connectivity index (χ0) is 24.1. The lowest BCUT2D eigenvalue weighted by Crippen LogP contribution is -2.30.